The smallest absolute Gasteiger partial charge is 0.117 e. The second-order valence-electron chi connectivity index (χ2n) is 3.07. The summed E-state index contributed by atoms with van der Waals surface area (Å²) in [5.74, 6) is 3.37. The summed E-state index contributed by atoms with van der Waals surface area (Å²) in [5.41, 5.74) is 1.18. The average molecular weight is 201 g/mol. The quantitative estimate of drug-likeness (QED) is 0.419. The van der Waals surface area contributed by atoms with Gasteiger partial charge >= 0.3 is 0 Å². The van der Waals surface area contributed by atoms with Crippen LogP contribution < -0.4 is 0 Å². The fraction of sp³-hybridized carbons (Fsp3) is 0.250. The molecule has 0 saturated heterocycles. The Hall–Kier alpha value is -1.86. The van der Waals surface area contributed by atoms with E-state index in [9.17, 15) is 0 Å². The maximum Gasteiger partial charge on any atom is 0.117 e. The largest absolute Gasteiger partial charge is 0.274 e. The number of aliphatic imine (C=N–C) groups is 1. The van der Waals surface area contributed by atoms with Crippen molar-refractivity contribution in [2.24, 2.45) is 10.1 Å². The Morgan fingerprint density at radius 2 is 2.07 bits per heavy atom. The number of benzene rings is 1. The van der Waals surface area contributed by atoms with Crippen LogP contribution in [0.15, 0.2) is 47.0 Å². The van der Waals surface area contributed by atoms with Crippen LogP contribution in [0.5, 0.6) is 0 Å². The number of hydrogen-bond donors (Lipinski definition) is 0. The summed E-state index contributed by atoms with van der Waals surface area (Å²) >= 11 is 0. The molecule has 0 N–H and O–H groups in total. The Bertz CT molecular complexity index is 375. The van der Waals surface area contributed by atoms with Crippen molar-refractivity contribution in [3.63, 3.8) is 0 Å². The summed E-state index contributed by atoms with van der Waals surface area (Å²) in [6, 6.07) is 10.1. The van der Waals surface area contributed by atoms with E-state index in [1.54, 1.807) is 12.1 Å². The van der Waals surface area contributed by atoms with Gasteiger partial charge in [0.25, 0.3) is 0 Å². The molecule has 0 aliphatic heterocycles. The molecule has 15 heavy (non-hydrogen) atoms. The normalized spacial score (nSPS) is 10.7. The van der Waals surface area contributed by atoms with Gasteiger partial charge in [0.15, 0.2) is 0 Å². The molecule has 0 saturated carbocycles. The maximum atomic E-state index is 4.08. The fourth-order valence-corrected chi connectivity index (χ4v) is 1.18. The molecule has 1 rings (SSSR count). The maximum absolute atomic E-state index is 4.08. The summed E-state index contributed by atoms with van der Waals surface area (Å²) < 4.78 is 0. The molecule has 0 atom stereocenters. The van der Waals surface area contributed by atoms with Crippen molar-refractivity contribution in [1.29, 1.82) is 0 Å². The third-order valence-corrected chi connectivity index (χ3v) is 2.06. The van der Waals surface area contributed by atoms with Gasteiger partial charge in [0, 0.05) is 12.9 Å². The van der Waals surface area contributed by atoms with Crippen molar-refractivity contribution in [3.05, 3.63) is 42.5 Å². The van der Waals surface area contributed by atoms with Gasteiger partial charge in [-0.05, 0) is 19.1 Å². The number of hydrazone groups is 1. The molecule has 0 aliphatic carbocycles. The zero-order valence-corrected chi connectivity index (χ0v) is 9.14. The Labute approximate surface area is 90.5 Å². The molecule has 3 nitrogen and oxygen atoms in total. The Kier molecular flexibility index (Phi) is 4.32. The van der Waals surface area contributed by atoms with Gasteiger partial charge in [-0.1, -0.05) is 30.3 Å². The van der Waals surface area contributed by atoms with E-state index >= 15 is 0 Å². The van der Waals surface area contributed by atoms with Crippen LogP contribution in [0.4, 0.5) is 0 Å². The molecule has 0 spiro atoms. The predicted octanol–water partition coefficient (Wildman–Crippen LogP) is 2.31. The summed E-state index contributed by atoms with van der Waals surface area (Å²) in [6.45, 7) is 6.06. The van der Waals surface area contributed by atoms with Crippen molar-refractivity contribution in [2.75, 3.05) is 7.05 Å². The van der Waals surface area contributed by atoms with Crippen molar-refractivity contribution < 1.29 is 0 Å². The lowest BCUT2D eigenvalue weighted by Gasteiger charge is -2.16. The summed E-state index contributed by atoms with van der Waals surface area (Å²) in [4.78, 5) is 4.08. The van der Waals surface area contributed by atoms with Gasteiger partial charge in [-0.3, -0.25) is 4.99 Å². The lowest BCUT2D eigenvalue weighted by atomic mass is 10.2. The molecule has 0 aliphatic rings. The number of hydrogen-bond acceptors (Lipinski definition) is 2. The molecule has 78 valence electrons. The molecule has 3 heteroatoms. The Balaban J connectivity index is 2.80. The zero-order valence-electron chi connectivity index (χ0n) is 9.14. The average Bonchev–Trinajstić information content (AvgIpc) is 2.29. The van der Waals surface area contributed by atoms with Crippen molar-refractivity contribution in [1.82, 2.24) is 5.01 Å². The lowest BCUT2D eigenvalue weighted by Crippen LogP contribution is -2.22. The van der Waals surface area contributed by atoms with Gasteiger partial charge < -0.3 is 0 Å². The third-order valence-electron chi connectivity index (χ3n) is 2.06. The predicted molar refractivity (Wildman–Crippen MR) is 64.1 cm³/mol. The van der Waals surface area contributed by atoms with E-state index in [-0.39, 0.29) is 0 Å². The molecule has 0 bridgehead atoms. The number of nitrogens with zero attached hydrogens (tertiary/aromatic N) is 3. The van der Waals surface area contributed by atoms with Crippen LogP contribution in [0.25, 0.3) is 0 Å². The van der Waals surface area contributed by atoms with Gasteiger partial charge in [0.1, 0.15) is 5.84 Å². The van der Waals surface area contributed by atoms with Crippen LogP contribution in [0, 0.1) is 0 Å². The molecule has 0 fully saturated rings. The minimum Gasteiger partial charge on any atom is -0.274 e. The summed E-state index contributed by atoms with van der Waals surface area (Å²) in [5, 5.41) is 5.80. The molecule has 0 radical (unpaired) electrons. The molecule has 0 aromatic heterocycles. The summed E-state index contributed by atoms with van der Waals surface area (Å²) in [7, 11) is 1.74. The number of rotatable bonds is 3. The van der Waals surface area contributed by atoms with E-state index in [0.29, 0.717) is 6.54 Å². The highest BCUT2D eigenvalue weighted by molar-refractivity contribution is 5.79. The molecule has 0 heterocycles. The van der Waals surface area contributed by atoms with Gasteiger partial charge in [0.05, 0.1) is 6.54 Å². The van der Waals surface area contributed by atoms with Gasteiger partial charge in [-0.15, -0.1) is 5.10 Å². The Morgan fingerprint density at radius 1 is 1.40 bits per heavy atom. The van der Waals surface area contributed by atoms with Crippen molar-refractivity contribution >= 4 is 11.7 Å². The standard InChI is InChI=1S/C12H15N3/c1-4-14-15(11(2)13-3)10-12-8-6-5-7-9-12/h5-9H,1,10H2,2-3H3/b13-11-. The third kappa shape index (κ3) is 3.41. The van der Waals surface area contributed by atoms with Crippen LogP contribution in [0.2, 0.25) is 0 Å². The Morgan fingerprint density at radius 3 is 2.60 bits per heavy atom. The highest BCUT2D eigenvalue weighted by Crippen LogP contribution is 2.05. The second kappa shape index (κ2) is 5.78. The SMILES string of the molecule is C=C=NN(Cc1ccccc1)/C(C)=N\C. The minimum atomic E-state index is 0.687. The van der Waals surface area contributed by atoms with E-state index in [0.717, 1.165) is 5.84 Å². The molecular weight excluding hydrogens is 186 g/mol. The first-order valence-electron chi connectivity index (χ1n) is 4.75. The van der Waals surface area contributed by atoms with E-state index in [1.807, 2.05) is 25.1 Å². The van der Waals surface area contributed by atoms with E-state index in [2.05, 4.69) is 34.7 Å². The topological polar surface area (TPSA) is 28.0 Å². The summed E-state index contributed by atoms with van der Waals surface area (Å²) in [6.07, 6.45) is 0. The molecule has 1 aromatic carbocycles. The van der Waals surface area contributed by atoms with Crippen LogP contribution in [0.3, 0.4) is 0 Å². The highest BCUT2D eigenvalue weighted by atomic mass is 15.5. The van der Waals surface area contributed by atoms with E-state index in [4.69, 9.17) is 0 Å². The van der Waals surface area contributed by atoms with Crippen molar-refractivity contribution in [3.8, 4) is 0 Å². The van der Waals surface area contributed by atoms with Gasteiger partial charge in [-0.2, -0.15) is 0 Å². The molecular formula is C12H15N3. The second-order valence-corrected chi connectivity index (χ2v) is 3.07. The highest BCUT2D eigenvalue weighted by Gasteiger charge is 2.04. The molecule has 1 aromatic rings. The van der Waals surface area contributed by atoms with E-state index < -0.39 is 0 Å². The van der Waals surface area contributed by atoms with Crippen molar-refractivity contribution in [2.45, 2.75) is 13.5 Å². The minimum absolute atomic E-state index is 0.687. The van der Waals surface area contributed by atoms with Crippen LogP contribution >= 0.6 is 0 Å². The van der Waals surface area contributed by atoms with Crippen LogP contribution in [-0.2, 0) is 6.54 Å². The number of amidine groups is 1. The van der Waals surface area contributed by atoms with E-state index in [1.165, 1.54) is 5.56 Å². The first-order valence-corrected chi connectivity index (χ1v) is 4.75. The van der Waals surface area contributed by atoms with Gasteiger partial charge in [-0.25, -0.2) is 5.01 Å². The molecule has 0 amide bonds. The molecule has 0 unspecified atom stereocenters. The monoisotopic (exact) mass is 201 g/mol. The van der Waals surface area contributed by atoms with Crippen LogP contribution in [0.1, 0.15) is 12.5 Å². The zero-order chi connectivity index (χ0) is 11.1. The van der Waals surface area contributed by atoms with Gasteiger partial charge in [0.2, 0.25) is 0 Å². The van der Waals surface area contributed by atoms with Crippen LogP contribution in [-0.4, -0.2) is 23.8 Å². The first-order chi connectivity index (χ1) is 7.27. The first kappa shape index (κ1) is 11.2. The lowest BCUT2D eigenvalue weighted by molar-refractivity contribution is 0.439. The fourth-order valence-electron chi connectivity index (χ4n) is 1.18.